The predicted octanol–water partition coefficient (Wildman–Crippen LogP) is 2.65. The summed E-state index contributed by atoms with van der Waals surface area (Å²) in [5, 5.41) is 6.43. The van der Waals surface area contributed by atoms with Gasteiger partial charge in [0.2, 0.25) is 5.91 Å². The van der Waals surface area contributed by atoms with E-state index in [2.05, 4.69) is 20.6 Å². The van der Waals surface area contributed by atoms with Gasteiger partial charge in [0.05, 0.1) is 17.3 Å². The number of benzene rings is 1. The van der Waals surface area contributed by atoms with Gasteiger partial charge < -0.3 is 10.6 Å². The van der Waals surface area contributed by atoms with Crippen LogP contribution in [0.4, 0.5) is 5.69 Å². The molecule has 0 saturated carbocycles. The molecule has 1 aromatic carbocycles. The van der Waals surface area contributed by atoms with Crippen molar-refractivity contribution < 1.29 is 4.79 Å². The number of halogens is 1. The molecule has 0 unspecified atom stereocenters. The first kappa shape index (κ1) is 16.0. The van der Waals surface area contributed by atoms with Crippen LogP contribution in [0.25, 0.3) is 5.82 Å². The van der Waals surface area contributed by atoms with E-state index in [1.165, 1.54) is 0 Å². The van der Waals surface area contributed by atoms with Gasteiger partial charge in [-0.3, -0.25) is 9.36 Å². The summed E-state index contributed by atoms with van der Waals surface area (Å²) in [5.41, 5.74) is 1.66. The van der Waals surface area contributed by atoms with Gasteiger partial charge in [0.1, 0.15) is 12.1 Å². The first-order chi connectivity index (χ1) is 11.7. The second-order valence-electron chi connectivity index (χ2n) is 5.10. The molecule has 0 radical (unpaired) electrons. The first-order valence-corrected chi connectivity index (χ1v) is 7.78. The molecule has 122 valence electrons. The summed E-state index contributed by atoms with van der Waals surface area (Å²) in [5.74, 6) is 0.663. The molecule has 3 rings (SSSR count). The highest BCUT2D eigenvalue weighted by Crippen LogP contribution is 2.19. The Morgan fingerprint density at radius 2 is 2.08 bits per heavy atom. The molecule has 0 aliphatic carbocycles. The van der Waals surface area contributed by atoms with Crippen LogP contribution in [0.15, 0.2) is 61.3 Å². The third kappa shape index (κ3) is 4.11. The molecule has 0 saturated heterocycles. The van der Waals surface area contributed by atoms with Gasteiger partial charge in [-0.25, -0.2) is 9.97 Å². The highest BCUT2D eigenvalue weighted by molar-refractivity contribution is 6.33. The minimum atomic E-state index is -0.117. The molecule has 2 N–H and O–H groups in total. The smallest absolute Gasteiger partial charge is 0.239 e. The van der Waals surface area contributed by atoms with Crippen LogP contribution in [0, 0.1) is 0 Å². The number of pyridine rings is 1. The monoisotopic (exact) mass is 341 g/mol. The summed E-state index contributed by atoms with van der Waals surface area (Å²) in [7, 11) is 0. The number of carbonyl (C=O) groups is 1. The Balaban J connectivity index is 1.48. The third-order valence-electron chi connectivity index (χ3n) is 3.38. The van der Waals surface area contributed by atoms with Gasteiger partial charge in [-0.2, -0.15) is 0 Å². The zero-order valence-corrected chi connectivity index (χ0v) is 13.6. The fraction of sp³-hybridized carbons (Fsp3) is 0.118. The Labute approximate surface area is 144 Å². The van der Waals surface area contributed by atoms with E-state index >= 15 is 0 Å². The van der Waals surface area contributed by atoms with E-state index in [9.17, 15) is 4.79 Å². The lowest BCUT2D eigenvalue weighted by molar-refractivity contribution is -0.119. The van der Waals surface area contributed by atoms with E-state index in [0.29, 0.717) is 11.6 Å². The van der Waals surface area contributed by atoms with Crippen LogP contribution < -0.4 is 10.6 Å². The van der Waals surface area contributed by atoms with Crippen LogP contribution in [-0.2, 0) is 11.3 Å². The predicted molar refractivity (Wildman–Crippen MR) is 93.1 cm³/mol. The van der Waals surface area contributed by atoms with Crippen LogP contribution in [-0.4, -0.2) is 27.0 Å². The quantitative estimate of drug-likeness (QED) is 0.723. The van der Waals surface area contributed by atoms with E-state index in [4.69, 9.17) is 11.6 Å². The molecule has 0 atom stereocenters. The van der Waals surface area contributed by atoms with Crippen LogP contribution in [0.3, 0.4) is 0 Å². The molecular formula is C17H16ClN5O. The second kappa shape index (κ2) is 7.61. The molecule has 0 spiro atoms. The number of hydrogen-bond donors (Lipinski definition) is 2. The molecule has 24 heavy (non-hydrogen) atoms. The molecule has 2 aromatic heterocycles. The Morgan fingerprint density at radius 1 is 1.21 bits per heavy atom. The lowest BCUT2D eigenvalue weighted by Crippen LogP contribution is -2.29. The lowest BCUT2D eigenvalue weighted by atomic mass is 10.2. The Morgan fingerprint density at radius 3 is 2.79 bits per heavy atom. The minimum absolute atomic E-state index is 0.117. The van der Waals surface area contributed by atoms with E-state index in [-0.39, 0.29) is 12.5 Å². The number of imidazole rings is 1. The maximum atomic E-state index is 11.9. The van der Waals surface area contributed by atoms with Gasteiger partial charge in [0.25, 0.3) is 0 Å². The van der Waals surface area contributed by atoms with Crippen LogP contribution in [0.5, 0.6) is 0 Å². The molecule has 6 nitrogen and oxygen atoms in total. The van der Waals surface area contributed by atoms with Crippen molar-refractivity contribution in [1.29, 1.82) is 0 Å². The Bertz CT molecular complexity index is 802. The van der Waals surface area contributed by atoms with Crippen molar-refractivity contribution in [1.82, 2.24) is 19.9 Å². The number of amides is 1. The van der Waals surface area contributed by atoms with Crippen molar-refractivity contribution >= 4 is 23.2 Å². The number of nitrogens with one attached hydrogen (secondary N) is 2. The van der Waals surface area contributed by atoms with Gasteiger partial charge in [0.15, 0.2) is 0 Å². The summed E-state index contributed by atoms with van der Waals surface area (Å²) in [4.78, 5) is 20.2. The molecule has 1 amide bonds. The second-order valence-corrected chi connectivity index (χ2v) is 5.51. The minimum Gasteiger partial charge on any atom is -0.375 e. The standard InChI is InChI=1S/C17H16ClN5O/c18-14-3-1-2-4-15(14)20-11-17(24)22-10-13-5-6-16(21-9-13)23-8-7-19-12-23/h1-9,12,20H,10-11H2,(H,22,24). The van der Waals surface area contributed by atoms with Gasteiger partial charge in [-0.1, -0.05) is 29.8 Å². The topological polar surface area (TPSA) is 71.8 Å². The SMILES string of the molecule is O=C(CNc1ccccc1Cl)NCc1ccc(-n2ccnc2)nc1. The lowest BCUT2D eigenvalue weighted by Gasteiger charge is -2.09. The average Bonchev–Trinajstić information content (AvgIpc) is 3.14. The van der Waals surface area contributed by atoms with Gasteiger partial charge in [-0.15, -0.1) is 0 Å². The zero-order valence-electron chi connectivity index (χ0n) is 12.8. The summed E-state index contributed by atoms with van der Waals surface area (Å²) < 4.78 is 1.82. The number of nitrogens with zero attached hydrogens (tertiary/aromatic N) is 3. The van der Waals surface area contributed by atoms with Crippen LogP contribution >= 0.6 is 11.6 Å². The van der Waals surface area contributed by atoms with E-state index in [1.54, 1.807) is 24.8 Å². The molecular weight excluding hydrogens is 326 g/mol. The fourth-order valence-corrected chi connectivity index (χ4v) is 2.31. The zero-order chi connectivity index (χ0) is 16.8. The Hall–Kier alpha value is -2.86. The van der Waals surface area contributed by atoms with Crippen molar-refractivity contribution in [3.05, 3.63) is 71.9 Å². The molecule has 7 heteroatoms. The van der Waals surface area contributed by atoms with E-state index in [1.807, 2.05) is 41.1 Å². The summed E-state index contributed by atoms with van der Waals surface area (Å²) in [6, 6.07) is 11.1. The third-order valence-corrected chi connectivity index (χ3v) is 3.71. The number of aromatic nitrogens is 3. The number of anilines is 1. The fourth-order valence-electron chi connectivity index (χ4n) is 2.11. The molecule has 0 aliphatic rings. The molecule has 0 fully saturated rings. The van der Waals surface area contributed by atoms with Crippen molar-refractivity contribution in [2.45, 2.75) is 6.54 Å². The van der Waals surface area contributed by atoms with Crippen molar-refractivity contribution in [3.8, 4) is 5.82 Å². The number of hydrogen-bond acceptors (Lipinski definition) is 4. The van der Waals surface area contributed by atoms with Crippen LogP contribution in [0.2, 0.25) is 5.02 Å². The van der Waals surface area contributed by atoms with Crippen molar-refractivity contribution in [2.24, 2.45) is 0 Å². The van der Waals surface area contributed by atoms with Crippen molar-refractivity contribution in [2.75, 3.05) is 11.9 Å². The normalized spacial score (nSPS) is 10.4. The number of para-hydroxylation sites is 1. The highest BCUT2D eigenvalue weighted by Gasteiger charge is 2.04. The Kier molecular flexibility index (Phi) is 5.08. The van der Waals surface area contributed by atoms with Gasteiger partial charge in [-0.05, 0) is 23.8 Å². The van der Waals surface area contributed by atoms with Gasteiger partial charge in [0, 0.05) is 25.1 Å². The summed E-state index contributed by atoms with van der Waals surface area (Å²) in [6.07, 6.45) is 6.94. The maximum Gasteiger partial charge on any atom is 0.239 e. The summed E-state index contributed by atoms with van der Waals surface area (Å²) >= 11 is 6.03. The number of carbonyl (C=O) groups excluding carboxylic acids is 1. The van der Waals surface area contributed by atoms with E-state index in [0.717, 1.165) is 17.1 Å². The van der Waals surface area contributed by atoms with E-state index < -0.39 is 0 Å². The summed E-state index contributed by atoms with van der Waals surface area (Å²) in [6.45, 7) is 0.574. The molecule has 3 aromatic rings. The highest BCUT2D eigenvalue weighted by atomic mass is 35.5. The van der Waals surface area contributed by atoms with Gasteiger partial charge >= 0.3 is 0 Å². The number of rotatable bonds is 6. The van der Waals surface area contributed by atoms with Crippen molar-refractivity contribution in [3.63, 3.8) is 0 Å². The van der Waals surface area contributed by atoms with Crippen LogP contribution in [0.1, 0.15) is 5.56 Å². The maximum absolute atomic E-state index is 11.9. The average molecular weight is 342 g/mol. The first-order valence-electron chi connectivity index (χ1n) is 7.41. The largest absolute Gasteiger partial charge is 0.375 e. The molecule has 0 bridgehead atoms. The molecule has 2 heterocycles. The molecule has 0 aliphatic heterocycles.